The summed E-state index contributed by atoms with van der Waals surface area (Å²) in [5, 5.41) is 9.64. The van der Waals surface area contributed by atoms with Crippen molar-refractivity contribution in [1.29, 1.82) is 0 Å². The van der Waals surface area contributed by atoms with Gasteiger partial charge in [-0.2, -0.15) is 22.0 Å². The van der Waals surface area contributed by atoms with E-state index in [9.17, 15) is 27.1 Å². The van der Waals surface area contributed by atoms with Crippen LogP contribution in [0.3, 0.4) is 0 Å². The molecule has 2 nitrogen and oxygen atoms in total. The Bertz CT molecular complexity index is 431. The molecule has 1 N–H and O–H groups in total. The number of halogens is 5. The number of aliphatic hydroxyl groups excluding tert-OH is 1. The number of aliphatic hydroxyl groups is 1. The normalized spacial score (nSPS) is 14.2. The van der Waals surface area contributed by atoms with Gasteiger partial charge in [0.2, 0.25) is 0 Å². The van der Waals surface area contributed by atoms with Crippen LogP contribution >= 0.6 is 0 Å². The second-order valence-electron chi connectivity index (χ2n) is 4.31. The first kappa shape index (κ1) is 16.7. The Kier molecular flexibility index (Phi) is 5.33. The average molecular weight is 298 g/mol. The Hall–Kier alpha value is -1.37. The van der Waals surface area contributed by atoms with Gasteiger partial charge >= 0.3 is 12.1 Å². The lowest BCUT2D eigenvalue weighted by Gasteiger charge is -2.23. The van der Waals surface area contributed by atoms with Crippen LogP contribution in [0.5, 0.6) is 5.75 Å². The van der Waals surface area contributed by atoms with Crippen LogP contribution in [0.2, 0.25) is 0 Å². The van der Waals surface area contributed by atoms with Crippen LogP contribution in [0.25, 0.3) is 0 Å². The fourth-order valence-electron chi connectivity index (χ4n) is 1.57. The summed E-state index contributed by atoms with van der Waals surface area (Å²) in [7, 11) is 0. The number of alkyl halides is 5. The van der Waals surface area contributed by atoms with E-state index in [1.54, 1.807) is 6.07 Å². The van der Waals surface area contributed by atoms with Gasteiger partial charge in [-0.25, -0.2) is 0 Å². The lowest BCUT2D eigenvalue weighted by atomic mass is 10.0. The highest BCUT2D eigenvalue weighted by atomic mass is 19.4. The smallest absolute Gasteiger partial charge is 0.453 e. The highest BCUT2D eigenvalue weighted by Crippen LogP contribution is 2.42. The molecule has 7 heteroatoms. The number of hydrogen-bond acceptors (Lipinski definition) is 2. The van der Waals surface area contributed by atoms with E-state index in [2.05, 4.69) is 0 Å². The Morgan fingerprint density at radius 2 is 1.75 bits per heavy atom. The van der Waals surface area contributed by atoms with Gasteiger partial charge in [0.25, 0.3) is 0 Å². The molecule has 0 aliphatic carbocycles. The van der Waals surface area contributed by atoms with E-state index in [1.165, 1.54) is 18.2 Å². The fourth-order valence-corrected chi connectivity index (χ4v) is 1.57. The van der Waals surface area contributed by atoms with Crippen molar-refractivity contribution in [1.82, 2.24) is 0 Å². The first-order valence-corrected chi connectivity index (χ1v) is 6.03. The van der Waals surface area contributed by atoms with E-state index in [0.717, 1.165) is 0 Å². The van der Waals surface area contributed by atoms with Crippen LogP contribution in [0, 0.1) is 0 Å². The van der Waals surface area contributed by atoms with Gasteiger partial charge in [0, 0.05) is 5.56 Å². The zero-order valence-corrected chi connectivity index (χ0v) is 10.8. The van der Waals surface area contributed by atoms with E-state index < -0.39 is 24.6 Å². The average Bonchev–Trinajstić information content (AvgIpc) is 2.34. The lowest BCUT2D eigenvalue weighted by Crippen LogP contribution is -2.37. The second-order valence-corrected chi connectivity index (χ2v) is 4.31. The standard InChI is InChI=1S/C13H15F5O2/c1-2-7-20-11-6-4-3-5-9(11)10(19)8-12(14,15)13(16,17)18/h3-6,10,19H,2,7-8H2,1H3. The molecular formula is C13H15F5O2. The number of benzene rings is 1. The van der Waals surface area contributed by atoms with Gasteiger partial charge in [0.1, 0.15) is 5.75 Å². The van der Waals surface area contributed by atoms with Crippen molar-refractivity contribution in [2.24, 2.45) is 0 Å². The molecule has 0 aliphatic rings. The van der Waals surface area contributed by atoms with E-state index in [4.69, 9.17) is 4.74 Å². The molecule has 0 radical (unpaired) electrons. The molecule has 1 aromatic carbocycles. The molecule has 0 amide bonds. The molecule has 20 heavy (non-hydrogen) atoms. The van der Waals surface area contributed by atoms with E-state index in [1.807, 2.05) is 6.92 Å². The molecule has 1 rings (SSSR count). The van der Waals surface area contributed by atoms with Crippen molar-refractivity contribution in [2.75, 3.05) is 6.61 Å². The minimum atomic E-state index is -5.69. The Balaban J connectivity index is 2.90. The Morgan fingerprint density at radius 3 is 2.30 bits per heavy atom. The summed E-state index contributed by atoms with van der Waals surface area (Å²) in [4.78, 5) is 0. The number of ether oxygens (including phenoxy) is 1. The fraction of sp³-hybridized carbons (Fsp3) is 0.538. The van der Waals surface area contributed by atoms with Gasteiger partial charge in [-0.1, -0.05) is 25.1 Å². The molecule has 0 saturated heterocycles. The van der Waals surface area contributed by atoms with Crippen LogP contribution in [-0.2, 0) is 0 Å². The van der Waals surface area contributed by atoms with Crippen LogP contribution in [0.1, 0.15) is 31.4 Å². The zero-order chi connectivity index (χ0) is 15.4. The number of hydrogen-bond donors (Lipinski definition) is 1. The summed E-state index contributed by atoms with van der Waals surface area (Å²) in [6.45, 7) is 2.09. The summed E-state index contributed by atoms with van der Waals surface area (Å²) in [5.41, 5.74) is -0.0788. The van der Waals surface area contributed by atoms with E-state index in [0.29, 0.717) is 6.42 Å². The minimum Gasteiger partial charge on any atom is -0.493 e. The summed E-state index contributed by atoms with van der Waals surface area (Å²) in [6, 6.07) is 5.66. The Labute approximate surface area is 113 Å². The zero-order valence-electron chi connectivity index (χ0n) is 10.8. The third-order valence-electron chi connectivity index (χ3n) is 2.60. The topological polar surface area (TPSA) is 29.5 Å². The molecule has 0 aliphatic heterocycles. The predicted octanol–water partition coefficient (Wildman–Crippen LogP) is 4.10. The SMILES string of the molecule is CCCOc1ccccc1C(O)CC(F)(F)C(F)(F)F. The van der Waals surface area contributed by atoms with Crippen molar-refractivity contribution < 1.29 is 31.8 Å². The third kappa shape index (κ3) is 4.06. The predicted molar refractivity (Wildman–Crippen MR) is 62.8 cm³/mol. The van der Waals surface area contributed by atoms with Crippen molar-refractivity contribution in [3.8, 4) is 5.75 Å². The van der Waals surface area contributed by atoms with Gasteiger partial charge in [-0.3, -0.25) is 0 Å². The molecule has 0 bridgehead atoms. The summed E-state index contributed by atoms with van der Waals surface area (Å²) >= 11 is 0. The van der Waals surface area contributed by atoms with Crippen LogP contribution < -0.4 is 4.74 Å². The first-order valence-electron chi connectivity index (χ1n) is 6.03. The molecule has 0 aromatic heterocycles. The van der Waals surface area contributed by atoms with E-state index in [-0.39, 0.29) is 17.9 Å². The quantitative estimate of drug-likeness (QED) is 0.801. The maximum absolute atomic E-state index is 12.9. The van der Waals surface area contributed by atoms with Crippen molar-refractivity contribution >= 4 is 0 Å². The molecule has 0 fully saturated rings. The van der Waals surface area contributed by atoms with Gasteiger partial charge < -0.3 is 9.84 Å². The highest BCUT2D eigenvalue weighted by molar-refractivity contribution is 5.35. The number of rotatable bonds is 6. The largest absolute Gasteiger partial charge is 0.493 e. The molecule has 114 valence electrons. The molecule has 1 unspecified atom stereocenters. The monoisotopic (exact) mass is 298 g/mol. The van der Waals surface area contributed by atoms with Crippen LogP contribution in [-0.4, -0.2) is 23.8 Å². The molecule has 0 saturated carbocycles. The molecule has 0 spiro atoms. The van der Waals surface area contributed by atoms with Gasteiger partial charge in [0.15, 0.2) is 0 Å². The molecule has 1 aromatic rings. The molecular weight excluding hydrogens is 283 g/mol. The van der Waals surface area contributed by atoms with Crippen LogP contribution in [0.4, 0.5) is 22.0 Å². The highest BCUT2D eigenvalue weighted by Gasteiger charge is 2.58. The maximum atomic E-state index is 12.9. The van der Waals surface area contributed by atoms with Crippen molar-refractivity contribution in [2.45, 2.75) is 38.0 Å². The molecule has 0 heterocycles. The summed E-state index contributed by atoms with van der Waals surface area (Å²) in [5.74, 6) is -4.84. The van der Waals surface area contributed by atoms with E-state index >= 15 is 0 Å². The summed E-state index contributed by atoms with van der Waals surface area (Å²) in [6.07, 6.45) is -8.74. The van der Waals surface area contributed by atoms with Gasteiger partial charge in [0.05, 0.1) is 19.1 Å². The minimum absolute atomic E-state index is 0.0788. The summed E-state index contributed by atoms with van der Waals surface area (Å²) < 4.78 is 67.4. The van der Waals surface area contributed by atoms with Gasteiger partial charge in [-0.05, 0) is 12.5 Å². The van der Waals surface area contributed by atoms with Crippen molar-refractivity contribution in [3.63, 3.8) is 0 Å². The lowest BCUT2D eigenvalue weighted by molar-refractivity contribution is -0.290. The van der Waals surface area contributed by atoms with Gasteiger partial charge in [-0.15, -0.1) is 0 Å². The number of para-hydroxylation sites is 1. The second kappa shape index (κ2) is 6.39. The third-order valence-corrected chi connectivity index (χ3v) is 2.60. The Morgan fingerprint density at radius 1 is 1.15 bits per heavy atom. The molecule has 1 atom stereocenters. The van der Waals surface area contributed by atoms with Crippen LogP contribution in [0.15, 0.2) is 24.3 Å². The first-order chi connectivity index (χ1) is 9.19. The van der Waals surface area contributed by atoms with Crippen molar-refractivity contribution in [3.05, 3.63) is 29.8 Å². The maximum Gasteiger partial charge on any atom is 0.453 e.